The second kappa shape index (κ2) is 6.52. The van der Waals surface area contributed by atoms with E-state index < -0.39 is 35.3 Å². The van der Waals surface area contributed by atoms with E-state index in [-0.39, 0.29) is 0 Å². The molecule has 0 amide bonds. The fourth-order valence-corrected chi connectivity index (χ4v) is 0.862. The van der Waals surface area contributed by atoms with Crippen molar-refractivity contribution in [2.45, 2.75) is 13.8 Å². The first kappa shape index (κ1) is 15.0. The van der Waals surface area contributed by atoms with Crippen molar-refractivity contribution in [1.29, 1.82) is 0 Å². The Labute approximate surface area is 99.1 Å². The molecule has 0 aromatic rings. The highest BCUT2D eigenvalue weighted by Crippen LogP contribution is 2.06. The predicted molar refractivity (Wildman–Crippen MR) is 59.8 cm³/mol. The van der Waals surface area contributed by atoms with Crippen LogP contribution in [-0.4, -0.2) is 23.5 Å². The molecular weight excluding hydrogens is 224 g/mol. The van der Waals surface area contributed by atoms with Gasteiger partial charge in [-0.3, -0.25) is 19.2 Å². The lowest BCUT2D eigenvalue weighted by Crippen LogP contribution is -2.29. The lowest BCUT2D eigenvalue weighted by molar-refractivity contribution is -0.165. The molecule has 2 atom stereocenters. The Bertz CT molecular complexity index is 344. The van der Waals surface area contributed by atoms with Crippen LogP contribution in [0.5, 0.6) is 0 Å². The summed E-state index contributed by atoms with van der Waals surface area (Å²) in [5, 5.41) is 0. The third kappa shape index (κ3) is 4.14. The zero-order chi connectivity index (χ0) is 13.6. The normalized spacial score (nSPS) is 13.1. The molecule has 0 heterocycles. The number of ketones is 2. The number of esters is 2. The van der Waals surface area contributed by atoms with Gasteiger partial charge in [0.15, 0.2) is 11.6 Å². The minimum atomic E-state index is -1.11. The van der Waals surface area contributed by atoms with Gasteiger partial charge in [-0.15, -0.1) is 0 Å². The maximum Gasteiger partial charge on any atom is 0.324 e. The lowest BCUT2D eigenvalue weighted by Gasteiger charge is -2.09. The number of hydrogen-bond donors (Lipinski definition) is 0. The van der Waals surface area contributed by atoms with Crippen molar-refractivity contribution in [3.05, 3.63) is 25.3 Å². The number of ether oxygens (including phenoxy) is 1. The smallest absolute Gasteiger partial charge is 0.324 e. The van der Waals surface area contributed by atoms with Crippen LogP contribution in [0.25, 0.3) is 0 Å². The van der Waals surface area contributed by atoms with Crippen LogP contribution in [-0.2, 0) is 23.9 Å². The van der Waals surface area contributed by atoms with E-state index in [9.17, 15) is 19.2 Å². The Hall–Kier alpha value is -2.04. The van der Waals surface area contributed by atoms with Crippen molar-refractivity contribution in [3.63, 3.8) is 0 Å². The van der Waals surface area contributed by atoms with Gasteiger partial charge in [0.2, 0.25) is 0 Å². The molecule has 0 rings (SSSR count). The average molecular weight is 238 g/mol. The Morgan fingerprint density at radius 2 is 1.18 bits per heavy atom. The number of carbonyl (C=O) groups excluding carboxylic acids is 4. The summed E-state index contributed by atoms with van der Waals surface area (Å²) in [6.07, 6.45) is 1.93. The van der Waals surface area contributed by atoms with Gasteiger partial charge in [0.05, 0.1) is 0 Å². The minimum Gasteiger partial charge on any atom is -0.392 e. The van der Waals surface area contributed by atoms with E-state index in [1.165, 1.54) is 13.8 Å². The molecule has 0 aliphatic heterocycles. The monoisotopic (exact) mass is 238 g/mol. The van der Waals surface area contributed by atoms with Gasteiger partial charge in [-0.25, -0.2) is 0 Å². The van der Waals surface area contributed by atoms with E-state index in [1.807, 2.05) is 0 Å². The van der Waals surface area contributed by atoms with Gasteiger partial charge in [0.1, 0.15) is 11.8 Å². The van der Waals surface area contributed by atoms with Crippen molar-refractivity contribution >= 4 is 23.5 Å². The van der Waals surface area contributed by atoms with Gasteiger partial charge in [-0.2, -0.15) is 0 Å². The standard InChI is InChI=1S/C12H14O5/c1-5-9(13)7(3)11(15)17-12(16)8(4)10(14)6-2/h5-8H,1-2H2,3-4H3. The summed E-state index contributed by atoms with van der Waals surface area (Å²) in [5.74, 6) is -5.31. The highest BCUT2D eigenvalue weighted by Gasteiger charge is 2.27. The number of carbonyl (C=O) groups is 4. The molecule has 0 radical (unpaired) electrons. The average Bonchev–Trinajstić information content (AvgIpc) is 2.34. The van der Waals surface area contributed by atoms with Gasteiger partial charge in [-0.1, -0.05) is 13.2 Å². The summed E-state index contributed by atoms with van der Waals surface area (Å²) < 4.78 is 4.40. The van der Waals surface area contributed by atoms with Crippen molar-refractivity contribution in [1.82, 2.24) is 0 Å². The molecule has 0 saturated carbocycles. The molecule has 5 heteroatoms. The fourth-order valence-electron chi connectivity index (χ4n) is 0.862. The molecule has 0 aromatic carbocycles. The molecule has 5 nitrogen and oxygen atoms in total. The first-order valence-electron chi connectivity index (χ1n) is 4.93. The van der Waals surface area contributed by atoms with Crippen molar-refractivity contribution in [2.75, 3.05) is 0 Å². The van der Waals surface area contributed by atoms with Gasteiger partial charge in [0, 0.05) is 0 Å². The second-order valence-electron chi connectivity index (χ2n) is 3.40. The number of allylic oxidation sites excluding steroid dienone is 2. The molecule has 0 saturated heterocycles. The Balaban J connectivity index is 4.54. The quantitative estimate of drug-likeness (QED) is 0.389. The van der Waals surface area contributed by atoms with Gasteiger partial charge >= 0.3 is 11.9 Å². The Kier molecular flexibility index (Phi) is 5.74. The van der Waals surface area contributed by atoms with Crippen LogP contribution >= 0.6 is 0 Å². The molecule has 0 fully saturated rings. The van der Waals surface area contributed by atoms with E-state index in [0.29, 0.717) is 0 Å². The van der Waals surface area contributed by atoms with Gasteiger partial charge < -0.3 is 4.74 Å². The maximum absolute atomic E-state index is 11.3. The van der Waals surface area contributed by atoms with Crippen LogP contribution < -0.4 is 0 Å². The SMILES string of the molecule is C=CC(=O)C(C)C(=O)OC(=O)C(C)C(=O)C=C. The second-order valence-corrected chi connectivity index (χ2v) is 3.40. The molecule has 0 spiro atoms. The minimum absolute atomic E-state index is 0.550. The number of rotatable bonds is 6. The summed E-state index contributed by atoms with van der Waals surface area (Å²) in [7, 11) is 0. The molecule has 0 aromatic heterocycles. The van der Waals surface area contributed by atoms with Crippen LogP contribution in [0.2, 0.25) is 0 Å². The largest absolute Gasteiger partial charge is 0.392 e. The van der Waals surface area contributed by atoms with Gasteiger partial charge in [0.25, 0.3) is 0 Å². The van der Waals surface area contributed by atoms with Crippen LogP contribution in [0, 0.1) is 11.8 Å². The van der Waals surface area contributed by atoms with E-state index in [4.69, 9.17) is 0 Å². The zero-order valence-electron chi connectivity index (χ0n) is 9.76. The van der Waals surface area contributed by atoms with Crippen LogP contribution in [0.3, 0.4) is 0 Å². The Morgan fingerprint density at radius 3 is 1.41 bits per heavy atom. The van der Waals surface area contributed by atoms with Crippen molar-refractivity contribution in [2.24, 2.45) is 11.8 Å². The summed E-state index contributed by atoms with van der Waals surface area (Å²) >= 11 is 0. The molecular formula is C12H14O5. The van der Waals surface area contributed by atoms with E-state index in [0.717, 1.165) is 12.2 Å². The topological polar surface area (TPSA) is 77.5 Å². The number of hydrogen-bond acceptors (Lipinski definition) is 5. The van der Waals surface area contributed by atoms with Crippen LogP contribution in [0.4, 0.5) is 0 Å². The fraction of sp³-hybridized carbons (Fsp3) is 0.333. The lowest BCUT2D eigenvalue weighted by atomic mass is 10.1. The maximum atomic E-state index is 11.3. The first-order valence-corrected chi connectivity index (χ1v) is 4.93. The summed E-state index contributed by atoms with van der Waals surface area (Å²) in [4.78, 5) is 44.8. The third-order valence-corrected chi connectivity index (χ3v) is 2.16. The van der Waals surface area contributed by atoms with Crippen LogP contribution in [0.1, 0.15) is 13.8 Å². The molecule has 0 aliphatic carbocycles. The Morgan fingerprint density at radius 1 is 0.882 bits per heavy atom. The van der Waals surface area contributed by atoms with Crippen molar-refractivity contribution in [3.8, 4) is 0 Å². The van der Waals surface area contributed by atoms with Crippen molar-refractivity contribution < 1.29 is 23.9 Å². The molecule has 17 heavy (non-hydrogen) atoms. The predicted octanol–water partition coefficient (Wildman–Crippen LogP) is 0.839. The first-order chi connectivity index (χ1) is 7.84. The molecule has 92 valence electrons. The van der Waals surface area contributed by atoms with Crippen LogP contribution in [0.15, 0.2) is 25.3 Å². The highest BCUT2D eigenvalue weighted by molar-refractivity contribution is 6.10. The van der Waals surface area contributed by atoms with E-state index >= 15 is 0 Å². The third-order valence-electron chi connectivity index (χ3n) is 2.16. The summed E-state index contributed by atoms with van der Waals surface area (Å²) in [5.41, 5.74) is 0. The summed E-state index contributed by atoms with van der Waals surface area (Å²) in [6, 6.07) is 0. The molecule has 0 N–H and O–H groups in total. The highest BCUT2D eigenvalue weighted by atomic mass is 16.6. The summed E-state index contributed by atoms with van der Waals surface area (Å²) in [6.45, 7) is 9.00. The molecule has 2 unspecified atom stereocenters. The molecule has 0 bridgehead atoms. The van der Waals surface area contributed by atoms with Gasteiger partial charge in [-0.05, 0) is 26.0 Å². The van der Waals surface area contributed by atoms with E-state index in [2.05, 4.69) is 17.9 Å². The molecule has 0 aliphatic rings. The van der Waals surface area contributed by atoms with E-state index in [1.54, 1.807) is 0 Å². The zero-order valence-corrected chi connectivity index (χ0v) is 9.76.